The summed E-state index contributed by atoms with van der Waals surface area (Å²) >= 11 is 2.22. The Morgan fingerprint density at radius 1 is 1.43 bits per heavy atom. The lowest BCUT2D eigenvalue weighted by Gasteiger charge is -2.11. The van der Waals surface area contributed by atoms with Crippen molar-refractivity contribution in [3.05, 3.63) is 26.8 Å². The minimum atomic E-state index is -1.21. The number of halogens is 1. The Bertz CT molecular complexity index is 361. The zero-order valence-corrected chi connectivity index (χ0v) is 10.1. The van der Waals surface area contributed by atoms with E-state index in [9.17, 15) is 9.90 Å². The highest BCUT2D eigenvalue weighted by atomic mass is 127. The molecule has 3 nitrogen and oxygen atoms in total. The SMILES string of the molecule is Cc1cc(OCC(=O)[O-])c(C)cc1I. The molecule has 0 aliphatic rings. The minimum Gasteiger partial charge on any atom is -0.546 e. The van der Waals surface area contributed by atoms with Crippen LogP contribution in [-0.4, -0.2) is 12.6 Å². The van der Waals surface area contributed by atoms with E-state index in [0.717, 1.165) is 14.7 Å². The molecular weight excluding hydrogens is 295 g/mol. The number of carboxylic acids is 1. The number of aliphatic carboxylic acids is 1. The molecular formula is C10H10IO3-. The van der Waals surface area contributed by atoms with E-state index in [4.69, 9.17) is 4.74 Å². The van der Waals surface area contributed by atoms with Gasteiger partial charge in [0.05, 0.1) is 5.97 Å². The predicted octanol–water partition coefficient (Wildman–Crippen LogP) is 1.04. The van der Waals surface area contributed by atoms with Gasteiger partial charge >= 0.3 is 0 Å². The van der Waals surface area contributed by atoms with Crippen LogP contribution in [0.5, 0.6) is 5.75 Å². The van der Waals surface area contributed by atoms with Crippen LogP contribution in [0.15, 0.2) is 12.1 Å². The van der Waals surface area contributed by atoms with Crippen molar-refractivity contribution >= 4 is 28.6 Å². The maximum Gasteiger partial charge on any atom is 0.128 e. The van der Waals surface area contributed by atoms with Crippen LogP contribution >= 0.6 is 22.6 Å². The summed E-state index contributed by atoms with van der Waals surface area (Å²) in [6.45, 7) is 3.43. The molecule has 0 fully saturated rings. The third-order valence-electron chi connectivity index (χ3n) is 1.80. The summed E-state index contributed by atoms with van der Waals surface area (Å²) in [6, 6.07) is 3.79. The van der Waals surface area contributed by atoms with Crippen LogP contribution in [0.3, 0.4) is 0 Å². The summed E-state index contributed by atoms with van der Waals surface area (Å²) in [5, 5.41) is 10.2. The molecule has 0 N–H and O–H groups in total. The van der Waals surface area contributed by atoms with E-state index < -0.39 is 12.6 Å². The molecule has 0 saturated heterocycles. The first-order valence-electron chi connectivity index (χ1n) is 4.10. The number of benzene rings is 1. The zero-order chi connectivity index (χ0) is 10.7. The predicted molar refractivity (Wildman–Crippen MR) is 59.1 cm³/mol. The van der Waals surface area contributed by atoms with Gasteiger partial charge in [0.1, 0.15) is 12.4 Å². The third-order valence-corrected chi connectivity index (χ3v) is 2.96. The number of rotatable bonds is 3. The Kier molecular flexibility index (Phi) is 3.74. The first-order valence-corrected chi connectivity index (χ1v) is 5.18. The van der Waals surface area contributed by atoms with Crippen LogP contribution in [0.1, 0.15) is 11.1 Å². The van der Waals surface area contributed by atoms with Crippen molar-refractivity contribution in [2.45, 2.75) is 13.8 Å². The summed E-state index contributed by atoms with van der Waals surface area (Å²) in [5.41, 5.74) is 2.01. The highest BCUT2D eigenvalue weighted by Gasteiger charge is 2.03. The van der Waals surface area contributed by atoms with Crippen LogP contribution in [0.2, 0.25) is 0 Å². The van der Waals surface area contributed by atoms with E-state index in [0.29, 0.717) is 5.75 Å². The number of ether oxygens (including phenoxy) is 1. The third kappa shape index (κ3) is 2.87. The number of hydrogen-bond acceptors (Lipinski definition) is 3. The van der Waals surface area contributed by atoms with E-state index >= 15 is 0 Å². The van der Waals surface area contributed by atoms with Crippen molar-refractivity contribution in [3.63, 3.8) is 0 Å². The molecule has 0 bridgehead atoms. The minimum absolute atomic E-state index is 0.402. The van der Waals surface area contributed by atoms with Crippen molar-refractivity contribution < 1.29 is 14.6 Å². The van der Waals surface area contributed by atoms with Gasteiger partial charge in [-0.05, 0) is 59.7 Å². The van der Waals surface area contributed by atoms with Crippen LogP contribution in [0.4, 0.5) is 0 Å². The number of aryl methyl sites for hydroxylation is 2. The second kappa shape index (κ2) is 4.63. The van der Waals surface area contributed by atoms with Gasteiger partial charge < -0.3 is 14.6 Å². The van der Waals surface area contributed by atoms with Crippen molar-refractivity contribution in [2.75, 3.05) is 6.61 Å². The van der Waals surface area contributed by atoms with Gasteiger partial charge in [-0.3, -0.25) is 0 Å². The Morgan fingerprint density at radius 3 is 2.64 bits per heavy atom. The Morgan fingerprint density at radius 2 is 2.07 bits per heavy atom. The molecule has 0 aliphatic heterocycles. The molecule has 0 unspecified atom stereocenters. The number of hydrogen-bond donors (Lipinski definition) is 0. The summed E-state index contributed by atoms with van der Waals surface area (Å²) in [5.74, 6) is -0.604. The first kappa shape index (κ1) is 11.3. The maximum absolute atomic E-state index is 10.2. The van der Waals surface area contributed by atoms with Crippen molar-refractivity contribution in [3.8, 4) is 5.75 Å². The van der Waals surface area contributed by atoms with Crippen LogP contribution in [-0.2, 0) is 4.79 Å². The molecule has 0 aromatic heterocycles. The van der Waals surface area contributed by atoms with Gasteiger partial charge in [0.25, 0.3) is 0 Å². The van der Waals surface area contributed by atoms with Crippen molar-refractivity contribution in [1.82, 2.24) is 0 Å². The van der Waals surface area contributed by atoms with Crippen LogP contribution in [0, 0.1) is 17.4 Å². The second-order valence-corrected chi connectivity index (χ2v) is 4.19. The average Bonchev–Trinajstić information content (AvgIpc) is 2.09. The van der Waals surface area contributed by atoms with E-state index in [2.05, 4.69) is 22.6 Å². The fourth-order valence-electron chi connectivity index (χ4n) is 1.05. The summed E-state index contributed by atoms with van der Waals surface area (Å²) < 4.78 is 6.21. The molecule has 0 amide bonds. The molecule has 1 aromatic rings. The molecule has 0 saturated carbocycles. The zero-order valence-electron chi connectivity index (χ0n) is 7.96. The van der Waals surface area contributed by atoms with Crippen molar-refractivity contribution in [2.24, 2.45) is 0 Å². The number of carbonyl (C=O) groups is 1. The highest BCUT2D eigenvalue weighted by molar-refractivity contribution is 14.1. The van der Waals surface area contributed by atoms with E-state index in [1.807, 2.05) is 26.0 Å². The quantitative estimate of drug-likeness (QED) is 0.784. The first-order chi connectivity index (χ1) is 6.50. The lowest BCUT2D eigenvalue weighted by atomic mass is 10.1. The fourth-order valence-corrected chi connectivity index (χ4v) is 1.67. The lowest BCUT2D eigenvalue weighted by Crippen LogP contribution is -2.29. The largest absolute Gasteiger partial charge is 0.546 e. The lowest BCUT2D eigenvalue weighted by molar-refractivity contribution is -0.307. The highest BCUT2D eigenvalue weighted by Crippen LogP contribution is 2.23. The molecule has 76 valence electrons. The Hall–Kier alpha value is -0.780. The fraction of sp³-hybridized carbons (Fsp3) is 0.300. The topological polar surface area (TPSA) is 49.4 Å². The van der Waals surface area contributed by atoms with Crippen molar-refractivity contribution in [1.29, 1.82) is 0 Å². The van der Waals surface area contributed by atoms with Gasteiger partial charge in [0, 0.05) is 3.57 Å². The van der Waals surface area contributed by atoms with Gasteiger partial charge in [-0.25, -0.2) is 0 Å². The molecule has 0 heterocycles. The van der Waals surface area contributed by atoms with E-state index in [-0.39, 0.29) is 0 Å². The summed E-state index contributed by atoms with van der Waals surface area (Å²) in [4.78, 5) is 10.2. The standard InChI is InChI=1S/C10H11IO3/c1-6-4-9(14-5-10(12)13)7(2)3-8(6)11/h3-4H,5H2,1-2H3,(H,12,13)/p-1. The molecule has 0 aliphatic carbocycles. The van der Waals surface area contributed by atoms with Crippen LogP contribution in [0.25, 0.3) is 0 Å². The van der Waals surface area contributed by atoms with E-state index in [1.165, 1.54) is 0 Å². The average molecular weight is 305 g/mol. The number of carboxylic acid groups (broad SMARTS) is 1. The van der Waals surface area contributed by atoms with Gasteiger partial charge in [0.15, 0.2) is 0 Å². The Labute approximate surface area is 96.2 Å². The molecule has 0 atom stereocenters. The van der Waals surface area contributed by atoms with Gasteiger partial charge in [0.2, 0.25) is 0 Å². The van der Waals surface area contributed by atoms with Crippen LogP contribution < -0.4 is 9.84 Å². The normalized spacial score (nSPS) is 9.93. The van der Waals surface area contributed by atoms with E-state index in [1.54, 1.807) is 0 Å². The van der Waals surface area contributed by atoms with Gasteiger partial charge in [-0.15, -0.1) is 0 Å². The molecule has 0 radical (unpaired) electrons. The summed E-state index contributed by atoms with van der Waals surface area (Å²) in [6.07, 6.45) is 0. The number of carbonyl (C=O) groups excluding carboxylic acids is 1. The molecule has 14 heavy (non-hydrogen) atoms. The molecule has 1 rings (SSSR count). The molecule has 4 heteroatoms. The second-order valence-electron chi connectivity index (χ2n) is 3.03. The maximum atomic E-state index is 10.2. The molecule has 0 spiro atoms. The monoisotopic (exact) mass is 305 g/mol. The smallest absolute Gasteiger partial charge is 0.128 e. The summed E-state index contributed by atoms with van der Waals surface area (Å²) in [7, 11) is 0. The molecule has 1 aromatic carbocycles. The Balaban J connectivity index is 2.87. The van der Waals surface area contributed by atoms with Gasteiger partial charge in [-0.1, -0.05) is 0 Å². The van der Waals surface area contributed by atoms with Gasteiger partial charge in [-0.2, -0.15) is 0 Å².